The second-order valence-corrected chi connectivity index (χ2v) is 8.81. The quantitative estimate of drug-likeness (QED) is 0.669. The molecule has 3 rings (SSSR count). The lowest BCUT2D eigenvalue weighted by atomic mass is 10.0. The standard InChI is InChI=1S/C23H35FN4O3/c1-17(2)14-20(26-10-12-31-13-11-26)16-25-23(30)28-8-6-27(7-9-28)22-5-4-19(18(3)29)15-21(22)24/h4-5,15,17,20H,6-14,16H2,1-3H3,(H,25,30). The zero-order valence-electron chi connectivity index (χ0n) is 18.9. The number of carbonyl (C=O) groups is 2. The Hall–Kier alpha value is -2.19. The fourth-order valence-electron chi connectivity index (χ4n) is 4.30. The maximum Gasteiger partial charge on any atom is 0.317 e. The number of carbonyl (C=O) groups excluding carboxylic acids is 2. The molecule has 2 amide bonds. The number of nitrogens with one attached hydrogen (secondary N) is 1. The zero-order chi connectivity index (χ0) is 22.4. The number of rotatable bonds is 7. The second-order valence-electron chi connectivity index (χ2n) is 8.81. The summed E-state index contributed by atoms with van der Waals surface area (Å²) in [4.78, 5) is 30.3. The molecule has 1 unspecified atom stereocenters. The summed E-state index contributed by atoms with van der Waals surface area (Å²) >= 11 is 0. The Kier molecular flexibility index (Phi) is 8.26. The van der Waals surface area contributed by atoms with Gasteiger partial charge in [0.2, 0.25) is 0 Å². The Labute approximate surface area is 184 Å². The molecule has 7 nitrogen and oxygen atoms in total. The first-order valence-corrected chi connectivity index (χ1v) is 11.2. The highest BCUT2D eigenvalue weighted by atomic mass is 19.1. The number of ketones is 1. The van der Waals surface area contributed by atoms with Crippen LogP contribution in [0.25, 0.3) is 0 Å². The summed E-state index contributed by atoms with van der Waals surface area (Å²) in [7, 11) is 0. The molecule has 2 heterocycles. The molecule has 0 bridgehead atoms. The van der Waals surface area contributed by atoms with Gasteiger partial charge >= 0.3 is 6.03 Å². The van der Waals surface area contributed by atoms with E-state index in [1.54, 1.807) is 17.0 Å². The van der Waals surface area contributed by atoms with Gasteiger partial charge in [0.15, 0.2) is 5.78 Å². The first-order chi connectivity index (χ1) is 14.8. The third-order valence-corrected chi connectivity index (χ3v) is 6.06. The minimum Gasteiger partial charge on any atom is -0.379 e. The SMILES string of the molecule is CC(=O)c1ccc(N2CCN(C(=O)NCC(CC(C)C)N3CCOCC3)CC2)c(F)c1. The smallest absolute Gasteiger partial charge is 0.317 e. The average molecular weight is 435 g/mol. The van der Waals surface area contributed by atoms with Crippen LogP contribution in [0, 0.1) is 11.7 Å². The van der Waals surface area contributed by atoms with Crippen molar-refractivity contribution in [2.45, 2.75) is 33.2 Å². The van der Waals surface area contributed by atoms with E-state index in [1.807, 2.05) is 4.90 Å². The van der Waals surface area contributed by atoms with Crippen LogP contribution in [0.2, 0.25) is 0 Å². The Morgan fingerprint density at radius 1 is 1.10 bits per heavy atom. The molecule has 0 spiro atoms. The van der Waals surface area contributed by atoms with Crippen molar-refractivity contribution >= 4 is 17.5 Å². The molecule has 1 aromatic carbocycles. The molecular formula is C23H35FN4O3. The molecule has 8 heteroatoms. The highest BCUT2D eigenvalue weighted by Crippen LogP contribution is 2.22. The normalized spacial score (nSPS) is 18.9. The first kappa shape index (κ1) is 23.5. The van der Waals surface area contributed by atoms with Gasteiger partial charge in [-0.2, -0.15) is 0 Å². The number of piperazine rings is 1. The van der Waals surface area contributed by atoms with Crippen LogP contribution in [0.15, 0.2) is 18.2 Å². The molecule has 1 N–H and O–H groups in total. The molecule has 2 aliphatic rings. The maximum atomic E-state index is 14.4. The number of anilines is 1. The van der Waals surface area contributed by atoms with Crippen molar-refractivity contribution in [3.05, 3.63) is 29.6 Å². The van der Waals surface area contributed by atoms with Crippen molar-refractivity contribution in [3.8, 4) is 0 Å². The second kappa shape index (κ2) is 10.9. The van der Waals surface area contributed by atoms with E-state index < -0.39 is 5.82 Å². The fraction of sp³-hybridized carbons (Fsp3) is 0.652. The predicted octanol–water partition coefficient (Wildman–Crippen LogP) is 2.61. The van der Waals surface area contributed by atoms with Gasteiger partial charge in [-0.1, -0.05) is 13.8 Å². The lowest BCUT2D eigenvalue weighted by molar-refractivity contribution is 0.0127. The zero-order valence-corrected chi connectivity index (χ0v) is 18.9. The molecule has 2 fully saturated rings. The summed E-state index contributed by atoms with van der Waals surface area (Å²) in [5.41, 5.74) is 0.852. The number of nitrogens with zero attached hydrogens (tertiary/aromatic N) is 3. The predicted molar refractivity (Wildman–Crippen MR) is 119 cm³/mol. The fourth-order valence-corrected chi connectivity index (χ4v) is 4.30. The van der Waals surface area contributed by atoms with Gasteiger partial charge in [-0.3, -0.25) is 9.69 Å². The van der Waals surface area contributed by atoms with Crippen LogP contribution in [0.1, 0.15) is 37.6 Å². The summed E-state index contributed by atoms with van der Waals surface area (Å²) in [6.45, 7) is 11.9. The van der Waals surface area contributed by atoms with Crippen LogP contribution in [0.3, 0.4) is 0 Å². The molecule has 2 aliphatic heterocycles. The van der Waals surface area contributed by atoms with Gasteiger partial charge in [0.25, 0.3) is 0 Å². The minimum absolute atomic E-state index is 0.0611. The monoisotopic (exact) mass is 434 g/mol. The van der Waals surface area contributed by atoms with E-state index in [4.69, 9.17) is 4.74 Å². The van der Waals surface area contributed by atoms with Crippen LogP contribution in [0.5, 0.6) is 0 Å². The van der Waals surface area contributed by atoms with Crippen LogP contribution in [-0.2, 0) is 4.74 Å². The van der Waals surface area contributed by atoms with Crippen LogP contribution in [0.4, 0.5) is 14.9 Å². The van der Waals surface area contributed by atoms with Crippen molar-refractivity contribution < 1.29 is 18.7 Å². The van der Waals surface area contributed by atoms with Crippen LogP contribution >= 0.6 is 0 Å². The molecule has 31 heavy (non-hydrogen) atoms. The Bertz CT molecular complexity index is 759. The molecule has 1 atom stereocenters. The molecule has 2 saturated heterocycles. The van der Waals surface area contributed by atoms with Crippen LogP contribution < -0.4 is 10.2 Å². The largest absolute Gasteiger partial charge is 0.379 e. The maximum absolute atomic E-state index is 14.4. The number of hydrogen-bond acceptors (Lipinski definition) is 5. The first-order valence-electron chi connectivity index (χ1n) is 11.2. The number of amides is 2. The molecule has 172 valence electrons. The number of morpholine rings is 1. The molecular weight excluding hydrogens is 399 g/mol. The lowest BCUT2D eigenvalue weighted by Gasteiger charge is -2.38. The Balaban J connectivity index is 1.50. The van der Waals surface area contributed by atoms with Crippen molar-refractivity contribution in [2.75, 3.05) is 63.9 Å². The van der Waals surface area contributed by atoms with E-state index >= 15 is 0 Å². The number of ether oxygens (including phenoxy) is 1. The molecule has 0 aromatic heterocycles. The molecule has 1 aromatic rings. The number of hydrogen-bond donors (Lipinski definition) is 1. The Morgan fingerprint density at radius 2 is 1.77 bits per heavy atom. The van der Waals surface area contributed by atoms with E-state index in [1.165, 1.54) is 13.0 Å². The average Bonchev–Trinajstić information content (AvgIpc) is 2.76. The van der Waals surface area contributed by atoms with E-state index in [0.29, 0.717) is 55.9 Å². The number of halogens is 1. The van der Waals surface area contributed by atoms with Gasteiger partial charge in [-0.05, 0) is 37.5 Å². The third kappa shape index (κ3) is 6.40. The van der Waals surface area contributed by atoms with E-state index in [2.05, 4.69) is 24.1 Å². The van der Waals surface area contributed by atoms with Gasteiger partial charge in [-0.25, -0.2) is 9.18 Å². The van der Waals surface area contributed by atoms with Crippen molar-refractivity contribution in [3.63, 3.8) is 0 Å². The van der Waals surface area contributed by atoms with Crippen molar-refractivity contribution in [2.24, 2.45) is 5.92 Å². The van der Waals surface area contributed by atoms with Gasteiger partial charge in [0.1, 0.15) is 5.82 Å². The van der Waals surface area contributed by atoms with E-state index in [-0.39, 0.29) is 11.8 Å². The number of Topliss-reactive ketones (excluding diaryl/α,β-unsaturated/α-hetero) is 1. The van der Waals surface area contributed by atoms with Crippen molar-refractivity contribution in [1.29, 1.82) is 0 Å². The van der Waals surface area contributed by atoms with Gasteiger partial charge in [0.05, 0.1) is 18.9 Å². The van der Waals surface area contributed by atoms with Gasteiger partial charge < -0.3 is 19.9 Å². The summed E-state index contributed by atoms with van der Waals surface area (Å²) in [6.07, 6.45) is 1.03. The summed E-state index contributed by atoms with van der Waals surface area (Å²) in [5.74, 6) is 0.00464. The highest BCUT2D eigenvalue weighted by Gasteiger charge is 2.26. The topological polar surface area (TPSA) is 65.1 Å². The minimum atomic E-state index is -0.396. The third-order valence-electron chi connectivity index (χ3n) is 6.06. The molecule has 0 radical (unpaired) electrons. The van der Waals surface area contributed by atoms with E-state index in [0.717, 1.165) is 32.7 Å². The lowest BCUT2D eigenvalue weighted by Crippen LogP contribution is -2.55. The highest BCUT2D eigenvalue weighted by molar-refractivity contribution is 5.94. The summed E-state index contributed by atoms with van der Waals surface area (Å²) < 4.78 is 19.9. The van der Waals surface area contributed by atoms with Crippen molar-refractivity contribution in [1.82, 2.24) is 15.1 Å². The Morgan fingerprint density at radius 3 is 2.35 bits per heavy atom. The number of urea groups is 1. The summed E-state index contributed by atoms with van der Waals surface area (Å²) in [6, 6.07) is 4.84. The molecule has 0 aliphatic carbocycles. The van der Waals surface area contributed by atoms with Gasteiger partial charge in [0, 0.05) is 57.4 Å². The van der Waals surface area contributed by atoms with Gasteiger partial charge in [-0.15, -0.1) is 0 Å². The number of benzene rings is 1. The van der Waals surface area contributed by atoms with E-state index in [9.17, 15) is 14.0 Å². The summed E-state index contributed by atoms with van der Waals surface area (Å²) in [5, 5.41) is 3.12. The van der Waals surface area contributed by atoms with Crippen LogP contribution in [-0.4, -0.2) is 86.7 Å². The molecule has 0 saturated carbocycles.